The quantitative estimate of drug-likeness (QED) is 0.168. The molecule has 0 radical (unpaired) electrons. The number of amides is 1. The first-order chi connectivity index (χ1) is 21.5. The molecule has 3 heterocycles. The van der Waals surface area contributed by atoms with Crippen molar-refractivity contribution in [3.8, 4) is 22.6 Å². The summed E-state index contributed by atoms with van der Waals surface area (Å²) in [5, 5.41) is 21.4. The third-order valence-corrected chi connectivity index (χ3v) is 8.53. The number of anilines is 1. The van der Waals surface area contributed by atoms with Crippen LogP contribution in [0, 0.1) is 11.6 Å². The number of carbonyl (C=O) groups excluding carboxylic acids is 1. The van der Waals surface area contributed by atoms with E-state index < -0.39 is 22.1 Å². The number of likely N-dealkylation sites (tertiary alicyclic amines) is 1. The summed E-state index contributed by atoms with van der Waals surface area (Å²) in [6.07, 6.45) is 1.23. The van der Waals surface area contributed by atoms with Crippen LogP contribution in [-0.4, -0.2) is 60.9 Å². The molecule has 1 saturated heterocycles. The number of piperidine rings is 1. The number of aliphatic hydroxyl groups excluding tert-OH is 1. The molecule has 234 valence electrons. The maximum atomic E-state index is 13.7. The fraction of sp³-hybridized carbons (Fsp3) is 0.250. The molecule has 0 bridgehead atoms. The van der Waals surface area contributed by atoms with Gasteiger partial charge in [0.25, 0.3) is 5.91 Å². The largest absolute Gasteiger partial charge is 0.456 e. The molecule has 1 aliphatic rings. The molecule has 4 N–H and O–H groups in total. The van der Waals surface area contributed by atoms with E-state index in [1.807, 2.05) is 0 Å². The second kappa shape index (κ2) is 12.1. The second-order valence-corrected chi connectivity index (χ2v) is 12.9. The van der Waals surface area contributed by atoms with Gasteiger partial charge >= 0.3 is 0 Å². The van der Waals surface area contributed by atoms with Crippen molar-refractivity contribution in [2.75, 3.05) is 31.1 Å². The number of hydrogen-bond acceptors (Lipinski definition) is 7. The Morgan fingerprint density at radius 2 is 1.73 bits per heavy atom. The van der Waals surface area contributed by atoms with Crippen molar-refractivity contribution in [3.63, 3.8) is 0 Å². The molecule has 13 heteroatoms. The number of halogens is 2. The molecule has 0 unspecified atom stereocenters. The van der Waals surface area contributed by atoms with E-state index >= 15 is 0 Å². The van der Waals surface area contributed by atoms with Gasteiger partial charge < -0.3 is 14.4 Å². The third kappa shape index (κ3) is 6.32. The number of furan rings is 1. The molecule has 3 aromatic carbocycles. The van der Waals surface area contributed by atoms with E-state index in [0.29, 0.717) is 76.3 Å². The lowest BCUT2D eigenvalue weighted by Gasteiger charge is -2.33. The van der Waals surface area contributed by atoms with Crippen molar-refractivity contribution in [2.45, 2.75) is 25.0 Å². The van der Waals surface area contributed by atoms with Crippen LogP contribution in [0.4, 0.5) is 14.5 Å². The fourth-order valence-corrected chi connectivity index (χ4v) is 6.40. The van der Waals surface area contributed by atoms with Gasteiger partial charge in [0, 0.05) is 47.2 Å². The molecule has 2 aromatic heterocycles. The van der Waals surface area contributed by atoms with Gasteiger partial charge in [-0.2, -0.15) is 5.10 Å². The normalized spacial score (nSPS) is 16.2. The topological polar surface area (TPSA) is 141 Å². The van der Waals surface area contributed by atoms with E-state index in [9.17, 15) is 27.1 Å². The lowest BCUT2D eigenvalue weighted by atomic mass is 9.88. The average Bonchev–Trinajstić information content (AvgIpc) is 3.65. The van der Waals surface area contributed by atoms with E-state index in [1.54, 1.807) is 42.3 Å². The van der Waals surface area contributed by atoms with Crippen molar-refractivity contribution in [1.29, 1.82) is 0 Å². The third-order valence-electron chi connectivity index (χ3n) is 7.94. The van der Waals surface area contributed by atoms with Crippen molar-refractivity contribution in [3.05, 3.63) is 95.2 Å². The molecule has 0 aliphatic carbocycles. The van der Waals surface area contributed by atoms with Gasteiger partial charge in [-0.15, -0.1) is 0 Å². The summed E-state index contributed by atoms with van der Waals surface area (Å²) < 4.78 is 60.7. The van der Waals surface area contributed by atoms with Crippen LogP contribution >= 0.6 is 0 Å². The summed E-state index contributed by atoms with van der Waals surface area (Å²) in [4.78, 5) is 15.3. The SMILES string of the molecule is CN[C@H](O)c1c(-c2ccc(F)cc2)oc2cc(NS(C)(=O)=O)c([C@@H]3CCCN(C(=O)c4cc(-c5ccc(F)cc5)n[nH]4)C3)cc12. The summed E-state index contributed by atoms with van der Waals surface area (Å²) in [7, 11) is -2.12. The van der Waals surface area contributed by atoms with Gasteiger partial charge in [0.2, 0.25) is 10.0 Å². The molecular weight excluding hydrogens is 604 g/mol. The number of rotatable bonds is 8. The predicted molar refractivity (Wildman–Crippen MR) is 166 cm³/mol. The fourth-order valence-electron chi connectivity index (χ4n) is 5.82. The number of hydrogen-bond donors (Lipinski definition) is 4. The van der Waals surface area contributed by atoms with Crippen LogP contribution in [0.5, 0.6) is 0 Å². The maximum Gasteiger partial charge on any atom is 0.271 e. The summed E-state index contributed by atoms with van der Waals surface area (Å²) in [5.74, 6) is -1.02. The monoisotopic (exact) mass is 635 g/mol. The summed E-state index contributed by atoms with van der Waals surface area (Å²) in [5.41, 5.74) is 3.65. The van der Waals surface area contributed by atoms with Gasteiger partial charge in [-0.1, -0.05) is 0 Å². The number of sulfonamides is 1. The molecule has 1 aliphatic heterocycles. The minimum absolute atomic E-state index is 0.264. The highest BCUT2D eigenvalue weighted by atomic mass is 32.2. The molecule has 6 rings (SSSR count). The Bertz CT molecular complexity index is 1970. The molecule has 1 fully saturated rings. The van der Waals surface area contributed by atoms with Gasteiger partial charge in [-0.05, 0) is 86.1 Å². The Labute approximate surface area is 258 Å². The first-order valence-corrected chi connectivity index (χ1v) is 16.2. The van der Waals surface area contributed by atoms with E-state index in [0.717, 1.165) is 6.26 Å². The number of fused-ring (bicyclic) bond motifs is 1. The number of aromatic nitrogens is 2. The van der Waals surface area contributed by atoms with E-state index in [1.165, 1.54) is 36.4 Å². The molecule has 5 aromatic rings. The van der Waals surface area contributed by atoms with Crippen molar-refractivity contribution >= 4 is 32.6 Å². The predicted octanol–water partition coefficient (Wildman–Crippen LogP) is 5.37. The van der Waals surface area contributed by atoms with Gasteiger partial charge in [0.15, 0.2) is 0 Å². The Hall–Kier alpha value is -4.59. The first kappa shape index (κ1) is 30.4. The first-order valence-electron chi connectivity index (χ1n) is 14.3. The smallest absolute Gasteiger partial charge is 0.271 e. The number of nitrogens with one attached hydrogen (secondary N) is 3. The van der Waals surface area contributed by atoms with Crippen LogP contribution in [0.1, 0.15) is 46.6 Å². The summed E-state index contributed by atoms with van der Waals surface area (Å²) in [6.45, 7) is 0.779. The molecule has 1 amide bonds. The minimum Gasteiger partial charge on any atom is -0.456 e. The highest BCUT2D eigenvalue weighted by Gasteiger charge is 2.31. The van der Waals surface area contributed by atoms with Gasteiger partial charge in [0.1, 0.15) is 34.9 Å². The molecule has 45 heavy (non-hydrogen) atoms. The van der Waals surface area contributed by atoms with E-state index in [-0.39, 0.29) is 23.3 Å². The number of benzene rings is 3. The minimum atomic E-state index is -3.70. The van der Waals surface area contributed by atoms with Gasteiger partial charge in [-0.3, -0.25) is 19.9 Å². The molecule has 0 spiro atoms. The van der Waals surface area contributed by atoms with Crippen LogP contribution in [0.2, 0.25) is 0 Å². The summed E-state index contributed by atoms with van der Waals surface area (Å²) in [6, 6.07) is 16.5. The van der Waals surface area contributed by atoms with Crippen LogP contribution in [0.25, 0.3) is 33.6 Å². The molecule has 2 atom stereocenters. The highest BCUT2D eigenvalue weighted by Crippen LogP contribution is 2.42. The maximum absolute atomic E-state index is 13.7. The van der Waals surface area contributed by atoms with E-state index in [2.05, 4.69) is 20.2 Å². The van der Waals surface area contributed by atoms with Crippen LogP contribution in [0.3, 0.4) is 0 Å². The zero-order valence-corrected chi connectivity index (χ0v) is 25.3. The zero-order chi connectivity index (χ0) is 31.9. The molecule has 0 saturated carbocycles. The van der Waals surface area contributed by atoms with E-state index in [4.69, 9.17) is 4.42 Å². The Morgan fingerprint density at radius 3 is 2.38 bits per heavy atom. The molecular formula is C32H31F2N5O5S. The standard InChI is InChI=1S/C32H31F2N5O5S/c1-35-31(40)29-24-14-23(26(38-45(2,42)43)16-28(24)44-30(29)19-7-11-22(34)12-8-19)20-4-3-13-39(17-20)32(41)27-15-25(36-37-27)18-5-9-21(33)10-6-18/h5-12,14-16,20,31,35,38,40H,3-4,13,17H2,1-2H3,(H,36,37)/t20-,31-/m1/s1. The average molecular weight is 636 g/mol. The Balaban J connectivity index is 1.38. The van der Waals surface area contributed by atoms with Crippen molar-refractivity contribution < 1.29 is 31.5 Å². The lowest BCUT2D eigenvalue weighted by Crippen LogP contribution is -2.39. The van der Waals surface area contributed by atoms with Gasteiger partial charge in [0.05, 0.1) is 17.6 Å². The van der Waals surface area contributed by atoms with Crippen molar-refractivity contribution in [1.82, 2.24) is 20.4 Å². The second-order valence-electron chi connectivity index (χ2n) is 11.1. The number of aromatic amines is 1. The zero-order valence-electron chi connectivity index (χ0n) is 24.5. The lowest BCUT2D eigenvalue weighted by molar-refractivity contribution is 0.0701. The van der Waals surface area contributed by atoms with Crippen LogP contribution in [0.15, 0.2) is 71.1 Å². The van der Waals surface area contributed by atoms with Crippen LogP contribution < -0.4 is 10.0 Å². The number of nitrogens with zero attached hydrogens (tertiary/aromatic N) is 2. The highest BCUT2D eigenvalue weighted by molar-refractivity contribution is 7.92. The number of aliphatic hydroxyl groups is 1. The van der Waals surface area contributed by atoms with Crippen LogP contribution in [-0.2, 0) is 10.0 Å². The Kier molecular flexibility index (Phi) is 8.16. The van der Waals surface area contributed by atoms with Gasteiger partial charge in [-0.25, -0.2) is 17.2 Å². The number of carbonyl (C=O) groups is 1. The van der Waals surface area contributed by atoms with Crippen molar-refractivity contribution in [2.24, 2.45) is 0 Å². The summed E-state index contributed by atoms with van der Waals surface area (Å²) >= 11 is 0. The number of H-pyrrole nitrogens is 1. The Morgan fingerprint density at radius 1 is 1.07 bits per heavy atom. The molecule has 10 nitrogen and oxygen atoms in total.